The molecule has 100 valence electrons. The fourth-order valence-corrected chi connectivity index (χ4v) is 1.50. The Morgan fingerprint density at radius 1 is 1.56 bits per heavy atom. The van der Waals surface area contributed by atoms with E-state index in [0.717, 1.165) is 0 Å². The molecule has 0 saturated carbocycles. The van der Waals surface area contributed by atoms with Gasteiger partial charge < -0.3 is 10.4 Å². The van der Waals surface area contributed by atoms with Crippen molar-refractivity contribution in [3.63, 3.8) is 0 Å². The smallest absolute Gasteiger partial charge is 0.238 e. The number of aliphatic hydroxyl groups is 1. The normalized spacial score (nSPS) is 12.5. The van der Waals surface area contributed by atoms with E-state index < -0.39 is 0 Å². The van der Waals surface area contributed by atoms with E-state index in [0.29, 0.717) is 18.7 Å². The number of benzene rings is 1. The summed E-state index contributed by atoms with van der Waals surface area (Å²) in [6, 6.07) is 5.77. The van der Waals surface area contributed by atoms with Gasteiger partial charge in [0.15, 0.2) is 0 Å². The van der Waals surface area contributed by atoms with Gasteiger partial charge in [0.25, 0.3) is 0 Å². The number of nitrogens with one attached hydrogen (secondary N) is 1. The molecule has 0 heterocycles. The third kappa shape index (κ3) is 5.75. The van der Waals surface area contributed by atoms with Crippen LogP contribution >= 0.6 is 0 Å². The fourth-order valence-electron chi connectivity index (χ4n) is 1.50. The van der Waals surface area contributed by atoms with Crippen LogP contribution in [0.3, 0.4) is 0 Å². The third-order valence-electron chi connectivity index (χ3n) is 2.45. The first kappa shape index (κ1) is 14.6. The van der Waals surface area contributed by atoms with Gasteiger partial charge in [-0.1, -0.05) is 6.07 Å². The zero-order valence-electron chi connectivity index (χ0n) is 10.7. The van der Waals surface area contributed by atoms with Gasteiger partial charge in [-0.3, -0.25) is 9.69 Å². The molecule has 0 fully saturated rings. The minimum absolute atomic E-state index is 0.200. The van der Waals surface area contributed by atoms with Crippen molar-refractivity contribution in [1.82, 2.24) is 4.90 Å². The van der Waals surface area contributed by atoms with E-state index in [9.17, 15) is 9.18 Å². The highest BCUT2D eigenvalue weighted by Crippen LogP contribution is 2.08. The Balaban J connectivity index is 2.37. The Morgan fingerprint density at radius 2 is 2.28 bits per heavy atom. The number of hydrogen-bond acceptors (Lipinski definition) is 3. The average molecular weight is 254 g/mol. The van der Waals surface area contributed by atoms with Crippen LogP contribution in [0.2, 0.25) is 0 Å². The van der Waals surface area contributed by atoms with Crippen LogP contribution in [0.1, 0.15) is 13.3 Å². The number of nitrogens with zero attached hydrogens (tertiary/aromatic N) is 1. The zero-order chi connectivity index (χ0) is 13.5. The number of carbonyl (C=O) groups excluding carboxylic acids is 1. The quantitative estimate of drug-likeness (QED) is 0.808. The van der Waals surface area contributed by atoms with Crippen LogP contribution in [0.5, 0.6) is 0 Å². The first-order valence-electron chi connectivity index (χ1n) is 5.89. The van der Waals surface area contributed by atoms with Gasteiger partial charge in [-0.05, 0) is 38.6 Å². The summed E-state index contributed by atoms with van der Waals surface area (Å²) in [5.41, 5.74) is 0.448. The molecule has 0 saturated heterocycles. The molecule has 5 heteroatoms. The minimum atomic E-state index is -0.379. The van der Waals surface area contributed by atoms with Crippen molar-refractivity contribution in [2.75, 3.05) is 25.5 Å². The van der Waals surface area contributed by atoms with E-state index in [1.165, 1.54) is 12.1 Å². The summed E-state index contributed by atoms with van der Waals surface area (Å²) in [4.78, 5) is 13.4. The summed E-state index contributed by atoms with van der Waals surface area (Å²) >= 11 is 0. The minimum Gasteiger partial charge on any atom is -0.393 e. The number of amides is 1. The topological polar surface area (TPSA) is 52.6 Å². The summed E-state index contributed by atoms with van der Waals surface area (Å²) in [6.45, 7) is 2.55. The second-order valence-electron chi connectivity index (χ2n) is 4.43. The predicted molar refractivity (Wildman–Crippen MR) is 68.8 cm³/mol. The van der Waals surface area contributed by atoms with Gasteiger partial charge in [0, 0.05) is 12.2 Å². The Hall–Kier alpha value is -1.46. The first-order chi connectivity index (χ1) is 8.47. The van der Waals surface area contributed by atoms with Gasteiger partial charge in [-0.15, -0.1) is 0 Å². The number of hydrogen-bond donors (Lipinski definition) is 2. The van der Waals surface area contributed by atoms with Crippen molar-refractivity contribution in [1.29, 1.82) is 0 Å². The lowest BCUT2D eigenvalue weighted by Gasteiger charge is -2.17. The monoisotopic (exact) mass is 254 g/mol. The van der Waals surface area contributed by atoms with Crippen molar-refractivity contribution in [3.05, 3.63) is 30.1 Å². The highest BCUT2D eigenvalue weighted by atomic mass is 19.1. The summed E-state index contributed by atoms with van der Waals surface area (Å²) in [5.74, 6) is -0.580. The van der Waals surface area contributed by atoms with Crippen molar-refractivity contribution in [2.24, 2.45) is 0 Å². The molecule has 1 atom stereocenters. The standard InChI is InChI=1S/C13H19FN2O2/c1-10(17)6-7-16(2)9-13(18)15-12-5-3-4-11(14)8-12/h3-5,8,10,17H,6-7,9H2,1-2H3,(H,15,18). The average Bonchev–Trinajstić information content (AvgIpc) is 2.26. The Bertz CT molecular complexity index is 396. The third-order valence-corrected chi connectivity index (χ3v) is 2.45. The van der Waals surface area contributed by atoms with Crippen LogP contribution in [-0.2, 0) is 4.79 Å². The molecule has 0 radical (unpaired) electrons. The fraction of sp³-hybridized carbons (Fsp3) is 0.462. The molecule has 1 aromatic rings. The maximum atomic E-state index is 12.9. The Labute approximate surface area is 106 Å². The van der Waals surface area contributed by atoms with E-state index >= 15 is 0 Å². The van der Waals surface area contributed by atoms with Crippen molar-refractivity contribution in [2.45, 2.75) is 19.4 Å². The van der Waals surface area contributed by atoms with Crippen LogP contribution in [0.15, 0.2) is 24.3 Å². The zero-order valence-corrected chi connectivity index (χ0v) is 10.7. The molecule has 0 bridgehead atoms. The van der Waals surface area contributed by atoms with E-state index in [1.807, 2.05) is 0 Å². The number of carbonyl (C=O) groups is 1. The van der Waals surface area contributed by atoms with Crippen LogP contribution < -0.4 is 5.32 Å². The lowest BCUT2D eigenvalue weighted by atomic mass is 10.2. The molecule has 0 spiro atoms. The molecule has 1 aromatic carbocycles. The Morgan fingerprint density at radius 3 is 2.89 bits per heavy atom. The molecule has 18 heavy (non-hydrogen) atoms. The van der Waals surface area contributed by atoms with Gasteiger partial charge in [0.1, 0.15) is 5.82 Å². The van der Waals surface area contributed by atoms with Gasteiger partial charge in [0.2, 0.25) is 5.91 Å². The van der Waals surface area contributed by atoms with Crippen LogP contribution in [-0.4, -0.2) is 42.2 Å². The van der Waals surface area contributed by atoms with Crippen molar-refractivity contribution in [3.8, 4) is 0 Å². The molecular formula is C13H19FN2O2. The number of aliphatic hydroxyl groups excluding tert-OH is 1. The number of anilines is 1. The maximum absolute atomic E-state index is 12.9. The van der Waals surface area contributed by atoms with Gasteiger partial charge in [-0.25, -0.2) is 4.39 Å². The number of likely N-dealkylation sites (N-methyl/N-ethyl adjacent to an activating group) is 1. The molecule has 1 amide bonds. The van der Waals surface area contributed by atoms with E-state index in [4.69, 9.17) is 5.11 Å². The number of rotatable bonds is 6. The highest BCUT2D eigenvalue weighted by Gasteiger charge is 2.08. The molecule has 0 aromatic heterocycles. The van der Waals surface area contributed by atoms with E-state index in [-0.39, 0.29) is 24.4 Å². The Kier molecular flexibility index (Phi) is 5.74. The summed E-state index contributed by atoms with van der Waals surface area (Å²) in [5, 5.41) is 11.8. The van der Waals surface area contributed by atoms with Crippen LogP contribution in [0.4, 0.5) is 10.1 Å². The molecule has 4 nitrogen and oxygen atoms in total. The summed E-state index contributed by atoms with van der Waals surface area (Å²) in [6.07, 6.45) is 0.239. The second-order valence-corrected chi connectivity index (χ2v) is 4.43. The molecule has 0 aliphatic heterocycles. The largest absolute Gasteiger partial charge is 0.393 e. The SMILES string of the molecule is CC(O)CCN(C)CC(=O)Nc1cccc(F)c1. The van der Waals surface area contributed by atoms with Crippen molar-refractivity contribution < 1.29 is 14.3 Å². The first-order valence-corrected chi connectivity index (χ1v) is 5.89. The lowest BCUT2D eigenvalue weighted by molar-refractivity contribution is -0.117. The predicted octanol–water partition coefficient (Wildman–Crippen LogP) is 1.47. The van der Waals surface area contributed by atoms with E-state index in [2.05, 4.69) is 5.32 Å². The summed E-state index contributed by atoms with van der Waals surface area (Å²) in [7, 11) is 1.80. The lowest BCUT2D eigenvalue weighted by Crippen LogP contribution is -2.32. The van der Waals surface area contributed by atoms with Crippen LogP contribution in [0.25, 0.3) is 0 Å². The second kappa shape index (κ2) is 7.08. The van der Waals surface area contributed by atoms with Crippen molar-refractivity contribution >= 4 is 11.6 Å². The van der Waals surface area contributed by atoms with Gasteiger partial charge in [0.05, 0.1) is 12.6 Å². The molecule has 2 N–H and O–H groups in total. The molecule has 1 rings (SSSR count). The highest BCUT2D eigenvalue weighted by molar-refractivity contribution is 5.92. The van der Waals surface area contributed by atoms with Gasteiger partial charge >= 0.3 is 0 Å². The van der Waals surface area contributed by atoms with E-state index in [1.54, 1.807) is 31.0 Å². The molecule has 0 aliphatic carbocycles. The molecule has 1 unspecified atom stereocenters. The van der Waals surface area contributed by atoms with Crippen LogP contribution in [0, 0.1) is 5.82 Å². The summed E-state index contributed by atoms with van der Waals surface area (Å²) < 4.78 is 12.9. The molecular weight excluding hydrogens is 235 g/mol. The molecule has 0 aliphatic rings. The maximum Gasteiger partial charge on any atom is 0.238 e. The number of halogens is 1. The van der Waals surface area contributed by atoms with Gasteiger partial charge in [-0.2, -0.15) is 0 Å².